The molecule has 2 atom stereocenters. The molecular formula is C15H25N5O3. The van der Waals surface area contributed by atoms with Crippen LogP contribution in [0.4, 0.5) is 5.95 Å². The van der Waals surface area contributed by atoms with E-state index in [2.05, 4.69) is 20.6 Å². The molecule has 0 saturated carbocycles. The smallest absolute Gasteiger partial charge is 0.270 e. The maximum atomic E-state index is 12.2. The van der Waals surface area contributed by atoms with Crippen LogP contribution in [-0.4, -0.2) is 53.0 Å². The Hall–Kier alpha value is -1.77. The highest BCUT2D eigenvalue weighted by Gasteiger charge is 2.40. The highest BCUT2D eigenvalue weighted by molar-refractivity contribution is 5.92. The first-order valence-electron chi connectivity index (χ1n) is 7.74. The van der Waals surface area contributed by atoms with Gasteiger partial charge in [0.25, 0.3) is 5.91 Å². The molecule has 0 aromatic carbocycles. The minimum Gasteiger partial charge on any atom is -0.352 e. The lowest BCUT2D eigenvalue weighted by Crippen LogP contribution is -2.40. The third-order valence-electron chi connectivity index (χ3n) is 3.29. The first-order valence-corrected chi connectivity index (χ1v) is 7.74. The van der Waals surface area contributed by atoms with E-state index in [1.807, 2.05) is 27.7 Å². The number of carbonyl (C=O) groups is 1. The predicted octanol–water partition coefficient (Wildman–Crippen LogP) is 0.506. The van der Waals surface area contributed by atoms with E-state index in [1.165, 1.54) is 0 Å². The molecule has 1 amide bonds. The normalized spacial score (nSPS) is 23.0. The summed E-state index contributed by atoms with van der Waals surface area (Å²) in [5, 5.41) is 5.87. The quantitative estimate of drug-likeness (QED) is 0.699. The molecule has 2 heterocycles. The van der Waals surface area contributed by atoms with E-state index in [4.69, 9.17) is 15.2 Å². The summed E-state index contributed by atoms with van der Waals surface area (Å²) in [4.78, 5) is 20.5. The summed E-state index contributed by atoms with van der Waals surface area (Å²) in [5.74, 6) is -0.555. The molecule has 2 unspecified atom stereocenters. The number of nitrogens with one attached hydrogen (secondary N) is 2. The number of amides is 1. The molecular weight excluding hydrogens is 298 g/mol. The standard InChI is InChI=1S/C15H25N5O3/c1-9(2)19-14-17-6-5-10(20-14)13(21)18-8-12-11(7-16)22-15(3,4)23-12/h5-6,9,11-12H,7-8,16H2,1-4H3,(H,18,21)(H,17,19,20). The monoisotopic (exact) mass is 323 g/mol. The van der Waals surface area contributed by atoms with Crippen LogP contribution in [0.25, 0.3) is 0 Å². The minimum absolute atomic E-state index is 0.185. The minimum atomic E-state index is -0.692. The van der Waals surface area contributed by atoms with E-state index < -0.39 is 5.79 Å². The summed E-state index contributed by atoms with van der Waals surface area (Å²) in [6.07, 6.45) is 1.02. The molecule has 1 aliphatic heterocycles. The van der Waals surface area contributed by atoms with E-state index in [0.29, 0.717) is 24.7 Å². The van der Waals surface area contributed by atoms with E-state index in [9.17, 15) is 4.79 Å². The van der Waals surface area contributed by atoms with E-state index in [0.717, 1.165) is 0 Å². The lowest BCUT2D eigenvalue weighted by Gasteiger charge is -2.17. The zero-order chi connectivity index (χ0) is 17.0. The zero-order valence-electron chi connectivity index (χ0n) is 14.0. The van der Waals surface area contributed by atoms with Gasteiger partial charge >= 0.3 is 0 Å². The summed E-state index contributed by atoms with van der Waals surface area (Å²) >= 11 is 0. The van der Waals surface area contributed by atoms with Gasteiger partial charge in [-0.15, -0.1) is 0 Å². The molecule has 128 valence electrons. The van der Waals surface area contributed by atoms with Crippen LogP contribution in [0.1, 0.15) is 38.2 Å². The fourth-order valence-electron chi connectivity index (χ4n) is 2.38. The second kappa shape index (κ2) is 7.20. The van der Waals surface area contributed by atoms with Crippen molar-refractivity contribution in [2.24, 2.45) is 5.73 Å². The van der Waals surface area contributed by atoms with Gasteiger partial charge in [-0.25, -0.2) is 9.97 Å². The molecule has 1 saturated heterocycles. The van der Waals surface area contributed by atoms with Gasteiger partial charge in [0.2, 0.25) is 5.95 Å². The Morgan fingerprint density at radius 3 is 2.74 bits per heavy atom. The van der Waals surface area contributed by atoms with E-state index in [1.54, 1.807) is 12.3 Å². The van der Waals surface area contributed by atoms with Crippen LogP contribution in [0, 0.1) is 0 Å². The van der Waals surface area contributed by atoms with Gasteiger partial charge in [-0.05, 0) is 33.8 Å². The molecule has 1 fully saturated rings. The SMILES string of the molecule is CC(C)Nc1nccc(C(=O)NCC2OC(C)(C)OC2CN)n1. The van der Waals surface area contributed by atoms with Crippen LogP contribution in [0.2, 0.25) is 0 Å². The Kier molecular flexibility index (Phi) is 5.51. The number of nitrogens with zero attached hydrogens (tertiary/aromatic N) is 2. The van der Waals surface area contributed by atoms with Crippen molar-refractivity contribution in [2.45, 2.75) is 51.7 Å². The van der Waals surface area contributed by atoms with Gasteiger partial charge in [-0.3, -0.25) is 4.79 Å². The molecule has 8 nitrogen and oxygen atoms in total. The number of carbonyl (C=O) groups excluding carboxylic acids is 1. The topological polar surface area (TPSA) is 111 Å². The average Bonchev–Trinajstić information content (AvgIpc) is 2.78. The Labute approximate surface area is 136 Å². The van der Waals surface area contributed by atoms with Gasteiger partial charge in [0.1, 0.15) is 17.9 Å². The number of ether oxygens (including phenoxy) is 2. The van der Waals surface area contributed by atoms with Crippen LogP contribution < -0.4 is 16.4 Å². The lowest BCUT2D eigenvalue weighted by molar-refractivity contribution is -0.145. The van der Waals surface area contributed by atoms with Crippen molar-refractivity contribution in [3.8, 4) is 0 Å². The molecule has 23 heavy (non-hydrogen) atoms. The van der Waals surface area contributed by atoms with Crippen LogP contribution in [-0.2, 0) is 9.47 Å². The van der Waals surface area contributed by atoms with Crippen molar-refractivity contribution in [3.05, 3.63) is 18.0 Å². The average molecular weight is 323 g/mol. The van der Waals surface area contributed by atoms with Gasteiger partial charge in [-0.1, -0.05) is 0 Å². The summed E-state index contributed by atoms with van der Waals surface area (Å²) in [7, 11) is 0. The Balaban J connectivity index is 1.94. The van der Waals surface area contributed by atoms with E-state index >= 15 is 0 Å². The number of hydrogen-bond acceptors (Lipinski definition) is 7. The van der Waals surface area contributed by atoms with Crippen molar-refractivity contribution in [2.75, 3.05) is 18.4 Å². The molecule has 0 radical (unpaired) electrons. The number of hydrogen-bond donors (Lipinski definition) is 3. The highest BCUT2D eigenvalue weighted by atomic mass is 16.8. The van der Waals surface area contributed by atoms with Crippen molar-refractivity contribution in [1.29, 1.82) is 0 Å². The van der Waals surface area contributed by atoms with Gasteiger partial charge in [0.15, 0.2) is 5.79 Å². The van der Waals surface area contributed by atoms with Gasteiger partial charge in [0.05, 0.1) is 0 Å². The summed E-state index contributed by atoms with van der Waals surface area (Å²) in [6.45, 7) is 8.24. The third-order valence-corrected chi connectivity index (χ3v) is 3.29. The molecule has 0 spiro atoms. The van der Waals surface area contributed by atoms with Gasteiger partial charge in [-0.2, -0.15) is 0 Å². The van der Waals surface area contributed by atoms with Crippen molar-refractivity contribution in [3.63, 3.8) is 0 Å². The molecule has 8 heteroatoms. The molecule has 1 aliphatic rings. The number of nitrogens with two attached hydrogens (primary N) is 1. The first-order chi connectivity index (χ1) is 10.8. The molecule has 0 bridgehead atoms. The Morgan fingerprint density at radius 2 is 2.09 bits per heavy atom. The molecule has 4 N–H and O–H groups in total. The van der Waals surface area contributed by atoms with Crippen molar-refractivity contribution < 1.29 is 14.3 Å². The number of anilines is 1. The van der Waals surface area contributed by atoms with Gasteiger partial charge < -0.3 is 25.8 Å². The fourth-order valence-corrected chi connectivity index (χ4v) is 2.38. The van der Waals surface area contributed by atoms with E-state index in [-0.39, 0.29) is 24.2 Å². The predicted molar refractivity (Wildman–Crippen MR) is 86.0 cm³/mol. The van der Waals surface area contributed by atoms with Crippen molar-refractivity contribution >= 4 is 11.9 Å². The number of aromatic nitrogens is 2. The second-order valence-electron chi connectivity index (χ2n) is 6.22. The number of rotatable bonds is 6. The maximum Gasteiger partial charge on any atom is 0.270 e. The molecule has 2 rings (SSSR count). The second-order valence-corrected chi connectivity index (χ2v) is 6.22. The lowest BCUT2D eigenvalue weighted by atomic mass is 10.2. The molecule has 0 aliphatic carbocycles. The Morgan fingerprint density at radius 1 is 1.39 bits per heavy atom. The third kappa shape index (κ3) is 4.85. The van der Waals surface area contributed by atoms with Crippen LogP contribution in [0.5, 0.6) is 0 Å². The fraction of sp³-hybridized carbons (Fsp3) is 0.667. The Bertz CT molecular complexity index is 550. The first kappa shape index (κ1) is 17.6. The summed E-state index contributed by atoms with van der Waals surface area (Å²) < 4.78 is 11.4. The maximum absolute atomic E-state index is 12.2. The summed E-state index contributed by atoms with van der Waals surface area (Å²) in [5.41, 5.74) is 5.98. The summed E-state index contributed by atoms with van der Waals surface area (Å²) in [6, 6.07) is 1.75. The van der Waals surface area contributed by atoms with Gasteiger partial charge in [0, 0.05) is 25.3 Å². The van der Waals surface area contributed by atoms with Crippen LogP contribution in [0.3, 0.4) is 0 Å². The highest BCUT2D eigenvalue weighted by Crippen LogP contribution is 2.27. The molecule has 1 aromatic heterocycles. The zero-order valence-corrected chi connectivity index (χ0v) is 14.0. The van der Waals surface area contributed by atoms with Crippen LogP contribution in [0.15, 0.2) is 12.3 Å². The van der Waals surface area contributed by atoms with Crippen LogP contribution >= 0.6 is 0 Å². The molecule has 1 aromatic rings. The largest absolute Gasteiger partial charge is 0.352 e. The van der Waals surface area contributed by atoms with Crippen molar-refractivity contribution in [1.82, 2.24) is 15.3 Å².